The highest BCUT2D eigenvalue weighted by Crippen LogP contribution is 2.57. The normalized spacial score (nSPS) is 48.3. The number of carbonyl (C=O) groups is 1. The zero-order valence-electron chi connectivity index (χ0n) is 11.3. The van der Waals surface area contributed by atoms with Crippen LogP contribution < -0.4 is 0 Å². The van der Waals surface area contributed by atoms with Gasteiger partial charge in [-0.25, -0.2) is 0 Å². The van der Waals surface area contributed by atoms with Gasteiger partial charge in [0.15, 0.2) is 0 Å². The zero-order chi connectivity index (χ0) is 13.5. The fourth-order valence-electron chi connectivity index (χ4n) is 4.11. The molecule has 2 saturated carbocycles. The van der Waals surface area contributed by atoms with Crippen LogP contribution in [0.5, 0.6) is 0 Å². The number of hydrogen-bond donors (Lipinski definition) is 2. The molecule has 0 radical (unpaired) electrons. The summed E-state index contributed by atoms with van der Waals surface area (Å²) in [6, 6.07) is 0. The molecule has 18 heavy (non-hydrogen) atoms. The lowest BCUT2D eigenvalue weighted by Crippen LogP contribution is -2.52. The van der Waals surface area contributed by atoms with Crippen molar-refractivity contribution in [1.29, 1.82) is 0 Å². The monoisotopic (exact) mass is 252 g/mol. The fraction of sp³-hybridized carbons (Fsp3) is 0.800. The minimum atomic E-state index is -0.760. The fourth-order valence-corrected chi connectivity index (χ4v) is 4.11. The summed E-state index contributed by atoms with van der Waals surface area (Å²) < 4.78 is 0. The van der Waals surface area contributed by atoms with Crippen LogP contribution >= 0.6 is 0 Å². The predicted octanol–water partition coefficient (Wildman–Crippen LogP) is 1.93. The Balaban J connectivity index is 2.28. The van der Waals surface area contributed by atoms with Gasteiger partial charge in [0.25, 0.3) is 0 Å². The van der Waals surface area contributed by atoms with Gasteiger partial charge in [0.2, 0.25) is 0 Å². The number of allylic oxidation sites excluding steroid dienone is 1. The first-order valence-electron chi connectivity index (χ1n) is 6.89. The van der Waals surface area contributed by atoms with Crippen molar-refractivity contribution in [2.45, 2.75) is 51.7 Å². The molecule has 0 heterocycles. The average molecular weight is 252 g/mol. The first kappa shape index (κ1) is 13.8. The largest absolute Gasteiger partial charge is 0.390 e. The average Bonchev–Trinajstić information content (AvgIpc) is 2.78. The molecule has 0 aromatic rings. The van der Waals surface area contributed by atoms with Gasteiger partial charge in [0, 0.05) is 5.92 Å². The van der Waals surface area contributed by atoms with Crippen molar-refractivity contribution in [3.05, 3.63) is 12.2 Å². The van der Waals surface area contributed by atoms with Crippen molar-refractivity contribution in [2.75, 3.05) is 0 Å². The van der Waals surface area contributed by atoms with Crippen LogP contribution in [0.4, 0.5) is 0 Å². The maximum absolute atomic E-state index is 11.4. The quantitative estimate of drug-likeness (QED) is 0.583. The highest BCUT2D eigenvalue weighted by Gasteiger charge is 2.55. The molecule has 2 aliphatic carbocycles. The van der Waals surface area contributed by atoms with Crippen LogP contribution in [0.2, 0.25) is 0 Å². The molecule has 0 bridgehead atoms. The van der Waals surface area contributed by atoms with Gasteiger partial charge in [-0.05, 0) is 49.9 Å². The SMILES string of the molecule is C=C(C)[C@H]1CC[C@@]2(C1)[C@H](C)[C@@H](O)[C@H](O)C[C@@H]2C=O. The van der Waals surface area contributed by atoms with Crippen LogP contribution in [0.3, 0.4) is 0 Å². The minimum Gasteiger partial charge on any atom is -0.390 e. The number of aliphatic hydroxyl groups excluding tert-OH is 2. The van der Waals surface area contributed by atoms with Crippen LogP contribution in [0, 0.1) is 23.2 Å². The van der Waals surface area contributed by atoms with Crippen molar-refractivity contribution in [3.8, 4) is 0 Å². The molecule has 0 unspecified atom stereocenters. The lowest BCUT2D eigenvalue weighted by atomic mass is 9.58. The Labute approximate surface area is 109 Å². The third-order valence-electron chi connectivity index (χ3n) is 5.49. The molecule has 6 atom stereocenters. The summed E-state index contributed by atoms with van der Waals surface area (Å²) in [4.78, 5) is 11.4. The van der Waals surface area contributed by atoms with Crippen LogP contribution in [-0.2, 0) is 4.79 Å². The number of aliphatic hydroxyl groups is 2. The minimum absolute atomic E-state index is 0.0270. The number of rotatable bonds is 2. The maximum atomic E-state index is 11.4. The highest BCUT2D eigenvalue weighted by atomic mass is 16.3. The van der Waals surface area contributed by atoms with Crippen LogP contribution in [0.25, 0.3) is 0 Å². The van der Waals surface area contributed by atoms with Gasteiger partial charge < -0.3 is 15.0 Å². The molecule has 0 aromatic carbocycles. The molecule has 2 N–H and O–H groups in total. The van der Waals surface area contributed by atoms with E-state index in [-0.39, 0.29) is 17.3 Å². The van der Waals surface area contributed by atoms with E-state index in [9.17, 15) is 15.0 Å². The smallest absolute Gasteiger partial charge is 0.123 e. The molecule has 2 aliphatic rings. The van der Waals surface area contributed by atoms with E-state index in [4.69, 9.17) is 0 Å². The summed E-state index contributed by atoms with van der Waals surface area (Å²) >= 11 is 0. The molecule has 102 valence electrons. The summed E-state index contributed by atoms with van der Waals surface area (Å²) in [5.41, 5.74) is 1.04. The molecule has 3 nitrogen and oxygen atoms in total. The Bertz CT molecular complexity index is 352. The molecular weight excluding hydrogens is 228 g/mol. The van der Waals surface area contributed by atoms with Gasteiger partial charge >= 0.3 is 0 Å². The second-order valence-corrected chi connectivity index (χ2v) is 6.34. The molecule has 2 rings (SSSR count). The Hall–Kier alpha value is -0.670. The van der Waals surface area contributed by atoms with Crippen molar-refractivity contribution >= 4 is 6.29 Å². The number of hydrogen-bond acceptors (Lipinski definition) is 3. The molecule has 3 heteroatoms. The van der Waals surface area contributed by atoms with Crippen molar-refractivity contribution in [2.24, 2.45) is 23.2 Å². The molecule has 1 spiro atoms. The van der Waals surface area contributed by atoms with Crippen LogP contribution in [0.1, 0.15) is 39.5 Å². The van der Waals surface area contributed by atoms with E-state index >= 15 is 0 Å². The molecule has 0 saturated heterocycles. The second kappa shape index (κ2) is 4.78. The predicted molar refractivity (Wildman–Crippen MR) is 69.9 cm³/mol. The number of aldehydes is 1. The van der Waals surface area contributed by atoms with Crippen molar-refractivity contribution < 1.29 is 15.0 Å². The number of carbonyl (C=O) groups excluding carboxylic acids is 1. The Kier molecular flexibility index (Phi) is 3.65. The zero-order valence-corrected chi connectivity index (χ0v) is 11.3. The standard InChI is InChI=1S/C15H24O3/c1-9(2)11-4-5-15(7-11)10(3)14(18)13(17)6-12(15)8-16/h8,10-14,17-18H,1,4-7H2,2-3H3/t10-,11+,12-,13-,14-,15-/m1/s1. The van der Waals surface area contributed by atoms with Gasteiger partial charge in [-0.3, -0.25) is 0 Å². The van der Waals surface area contributed by atoms with E-state index in [0.29, 0.717) is 12.3 Å². The molecule has 0 aromatic heterocycles. The first-order valence-corrected chi connectivity index (χ1v) is 6.89. The lowest BCUT2D eigenvalue weighted by Gasteiger charge is -2.48. The molecule has 2 fully saturated rings. The third-order valence-corrected chi connectivity index (χ3v) is 5.49. The maximum Gasteiger partial charge on any atom is 0.123 e. The highest BCUT2D eigenvalue weighted by molar-refractivity contribution is 5.56. The van der Waals surface area contributed by atoms with E-state index in [1.54, 1.807) is 0 Å². The summed E-state index contributed by atoms with van der Waals surface area (Å²) in [6.07, 6.45) is 2.86. The molecular formula is C15H24O3. The van der Waals surface area contributed by atoms with Crippen molar-refractivity contribution in [3.63, 3.8) is 0 Å². The topological polar surface area (TPSA) is 57.5 Å². The van der Waals surface area contributed by atoms with E-state index in [0.717, 1.165) is 25.5 Å². The Morgan fingerprint density at radius 3 is 2.61 bits per heavy atom. The van der Waals surface area contributed by atoms with E-state index in [2.05, 4.69) is 6.58 Å². The van der Waals surface area contributed by atoms with E-state index in [1.807, 2.05) is 13.8 Å². The van der Waals surface area contributed by atoms with Gasteiger partial charge in [-0.15, -0.1) is 0 Å². The molecule has 0 aliphatic heterocycles. The third kappa shape index (κ3) is 1.94. The van der Waals surface area contributed by atoms with Gasteiger partial charge in [0.1, 0.15) is 6.29 Å². The molecule has 0 amide bonds. The van der Waals surface area contributed by atoms with Crippen LogP contribution in [0.15, 0.2) is 12.2 Å². The summed E-state index contributed by atoms with van der Waals surface area (Å²) in [5, 5.41) is 20.0. The van der Waals surface area contributed by atoms with Crippen molar-refractivity contribution in [1.82, 2.24) is 0 Å². The van der Waals surface area contributed by atoms with E-state index in [1.165, 1.54) is 5.57 Å². The van der Waals surface area contributed by atoms with Gasteiger partial charge in [-0.2, -0.15) is 0 Å². The van der Waals surface area contributed by atoms with Gasteiger partial charge in [0.05, 0.1) is 12.2 Å². The first-order chi connectivity index (χ1) is 8.42. The summed E-state index contributed by atoms with van der Waals surface area (Å²) in [6.45, 7) is 8.04. The summed E-state index contributed by atoms with van der Waals surface area (Å²) in [5.74, 6) is 0.299. The summed E-state index contributed by atoms with van der Waals surface area (Å²) in [7, 11) is 0. The van der Waals surface area contributed by atoms with E-state index < -0.39 is 12.2 Å². The van der Waals surface area contributed by atoms with Gasteiger partial charge in [-0.1, -0.05) is 19.1 Å². The Morgan fingerprint density at radius 1 is 1.44 bits per heavy atom. The second-order valence-electron chi connectivity index (χ2n) is 6.34. The lowest BCUT2D eigenvalue weighted by molar-refractivity contribution is -0.142. The Morgan fingerprint density at radius 2 is 2.11 bits per heavy atom. The van der Waals surface area contributed by atoms with Crippen LogP contribution in [-0.4, -0.2) is 28.7 Å².